The van der Waals surface area contributed by atoms with Crippen LogP contribution in [-0.2, 0) is 0 Å². The maximum atomic E-state index is 12.9. The van der Waals surface area contributed by atoms with E-state index in [1.165, 1.54) is 13.0 Å². The molecule has 0 radical (unpaired) electrons. The lowest BCUT2D eigenvalue weighted by molar-refractivity contribution is -0.153. The third-order valence-electron chi connectivity index (χ3n) is 1.87. The van der Waals surface area contributed by atoms with Gasteiger partial charge in [-0.2, -0.15) is 13.2 Å². The molecule has 0 aliphatic heterocycles. The molecule has 0 heterocycles. The quantitative estimate of drug-likeness (QED) is 0.388. The molecule has 3 nitrogen and oxygen atoms in total. The largest absolute Gasteiger partial charge is 0.483 e. The molecule has 0 bridgehead atoms. The van der Waals surface area contributed by atoms with Gasteiger partial charge in [0.25, 0.3) is 0 Å². The van der Waals surface area contributed by atoms with Gasteiger partial charge in [0.1, 0.15) is 11.6 Å². The number of oxime groups is 1. The zero-order chi connectivity index (χ0) is 13.1. The summed E-state index contributed by atoms with van der Waals surface area (Å²) < 4.78 is 53.2. The van der Waals surface area contributed by atoms with Gasteiger partial charge < -0.3 is 9.94 Å². The molecule has 1 aromatic carbocycles. The summed E-state index contributed by atoms with van der Waals surface area (Å²) in [6.45, 7) is -0.185. The fourth-order valence-corrected chi connectivity index (χ4v) is 1.13. The van der Waals surface area contributed by atoms with Crippen molar-refractivity contribution in [3.63, 3.8) is 0 Å². The topological polar surface area (TPSA) is 41.8 Å². The van der Waals surface area contributed by atoms with Crippen LogP contribution in [0.2, 0.25) is 0 Å². The van der Waals surface area contributed by atoms with Crippen LogP contribution in [0.4, 0.5) is 17.6 Å². The minimum atomic E-state index is -4.52. The standard InChI is InChI=1S/C10H9F4NO2/c1-6(15-16)8-3-2-7(11)4-9(8)17-5-10(12,13)14/h2-4,16H,5H2,1H3. The average Bonchev–Trinajstić information content (AvgIpc) is 2.24. The molecule has 0 spiro atoms. The van der Waals surface area contributed by atoms with E-state index in [4.69, 9.17) is 5.21 Å². The van der Waals surface area contributed by atoms with E-state index in [0.29, 0.717) is 0 Å². The fourth-order valence-electron chi connectivity index (χ4n) is 1.13. The van der Waals surface area contributed by atoms with Crippen LogP contribution >= 0.6 is 0 Å². The fraction of sp³-hybridized carbons (Fsp3) is 0.300. The van der Waals surface area contributed by atoms with Gasteiger partial charge >= 0.3 is 6.18 Å². The van der Waals surface area contributed by atoms with Gasteiger partial charge in [-0.05, 0) is 19.1 Å². The number of alkyl halides is 3. The molecule has 0 aliphatic carbocycles. The average molecular weight is 251 g/mol. The monoisotopic (exact) mass is 251 g/mol. The van der Waals surface area contributed by atoms with E-state index in [9.17, 15) is 17.6 Å². The second-order valence-electron chi connectivity index (χ2n) is 3.23. The zero-order valence-electron chi connectivity index (χ0n) is 8.75. The van der Waals surface area contributed by atoms with Gasteiger partial charge in [0, 0.05) is 11.6 Å². The van der Waals surface area contributed by atoms with Crippen molar-refractivity contribution in [1.82, 2.24) is 0 Å². The Bertz CT molecular complexity index is 429. The van der Waals surface area contributed by atoms with Crippen LogP contribution in [0.5, 0.6) is 5.75 Å². The molecule has 0 unspecified atom stereocenters. The SMILES string of the molecule is CC(=NO)c1ccc(F)cc1OCC(F)(F)F. The third-order valence-corrected chi connectivity index (χ3v) is 1.87. The Kier molecular flexibility index (Phi) is 3.93. The van der Waals surface area contributed by atoms with Crippen molar-refractivity contribution >= 4 is 5.71 Å². The van der Waals surface area contributed by atoms with E-state index >= 15 is 0 Å². The lowest BCUT2D eigenvalue weighted by atomic mass is 10.1. The Morgan fingerprint density at radius 2 is 2.06 bits per heavy atom. The van der Waals surface area contributed by atoms with Crippen molar-refractivity contribution in [2.75, 3.05) is 6.61 Å². The highest BCUT2D eigenvalue weighted by Gasteiger charge is 2.29. The van der Waals surface area contributed by atoms with Gasteiger partial charge in [-0.25, -0.2) is 4.39 Å². The summed E-state index contributed by atoms with van der Waals surface area (Å²) in [5.41, 5.74) is 0.125. The van der Waals surface area contributed by atoms with Crippen LogP contribution in [0.25, 0.3) is 0 Å². The van der Waals surface area contributed by atoms with E-state index in [-0.39, 0.29) is 17.0 Å². The minimum Gasteiger partial charge on any atom is -0.483 e. The molecule has 1 rings (SSSR count). The Morgan fingerprint density at radius 1 is 1.41 bits per heavy atom. The summed E-state index contributed by atoms with van der Waals surface area (Å²) in [5, 5.41) is 11.4. The van der Waals surface area contributed by atoms with Gasteiger partial charge in [-0.15, -0.1) is 0 Å². The lowest BCUT2D eigenvalue weighted by Crippen LogP contribution is -2.20. The molecular weight excluding hydrogens is 242 g/mol. The van der Waals surface area contributed by atoms with E-state index in [1.54, 1.807) is 0 Å². The number of benzene rings is 1. The van der Waals surface area contributed by atoms with Gasteiger partial charge in [-0.3, -0.25) is 0 Å². The predicted octanol–water partition coefficient (Wildman–Crippen LogP) is 2.97. The normalized spacial score (nSPS) is 12.6. The molecule has 7 heteroatoms. The Morgan fingerprint density at radius 3 is 2.59 bits per heavy atom. The summed E-state index contributed by atoms with van der Waals surface area (Å²) in [5.74, 6) is -1.06. The Labute approximate surface area is 94.3 Å². The molecular formula is C10H9F4NO2. The number of hydrogen-bond donors (Lipinski definition) is 1. The first-order valence-corrected chi connectivity index (χ1v) is 4.51. The van der Waals surface area contributed by atoms with Crippen LogP contribution in [0.1, 0.15) is 12.5 Å². The molecule has 0 fully saturated rings. The molecule has 0 aromatic heterocycles. The maximum absolute atomic E-state index is 12.9. The van der Waals surface area contributed by atoms with Crippen LogP contribution in [-0.4, -0.2) is 23.7 Å². The van der Waals surface area contributed by atoms with Crippen molar-refractivity contribution in [1.29, 1.82) is 0 Å². The van der Waals surface area contributed by atoms with Gasteiger partial charge in [-0.1, -0.05) is 5.16 Å². The van der Waals surface area contributed by atoms with Gasteiger partial charge in [0.15, 0.2) is 6.61 Å². The van der Waals surface area contributed by atoms with E-state index in [1.807, 2.05) is 0 Å². The lowest BCUT2D eigenvalue weighted by Gasteiger charge is -2.12. The molecule has 0 saturated heterocycles. The Hall–Kier alpha value is -1.79. The maximum Gasteiger partial charge on any atom is 0.422 e. The summed E-state index contributed by atoms with van der Waals surface area (Å²) in [6, 6.07) is 3.01. The molecule has 0 saturated carbocycles. The van der Waals surface area contributed by atoms with Crippen LogP contribution < -0.4 is 4.74 Å². The second-order valence-corrected chi connectivity index (χ2v) is 3.23. The van der Waals surface area contributed by atoms with Crippen LogP contribution in [0.3, 0.4) is 0 Å². The Balaban J connectivity index is 3.00. The van der Waals surface area contributed by atoms with Crippen molar-refractivity contribution in [2.45, 2.75) is 13.1 Å². The third kappa shape index (κ3) is 3.93. The van der Waals surface area contributed by atoms with Crippen molar-refractivity contribution in [3.05, 3.63) is 29.6 Å². The minimum absolute atomic E-state index is 0.0298. The van der Waals surface area contributed by atoms with Gasteiger partial charge in [0.2, 0.25) is 0 Å². The van der Waals surface area contributed by atoms with E-state index in [0.717, 1.165) is 12.1 Å². The van der Waals surface area contributed by atoms with E-state index in [2.05, 4.69) is 9.89 Å². The number of ether oxygens (including phenoxy) is 1. The summed E-state index contributed by atoms with van der Waals surface area (Å²) in [4.78, 5) is 0. The van der Waals surface area contributed by atoms with Crippen molar-refractivity contribution < 1.29 is 27.5 Å². The van der Waals surface area contributed by atoms with Gasteiger partial charge in [0.05, 0.1) is 5.71 Å². The molecule has 1 N–H and O–H groups in total. The highest BCUT2D eigenvalue weighted by Crippen LogP contribution is 2.24. The molecule has 0 amide bonds. The molecule has 17 heavy (non-hydrogen) atoms. The second kappa shape index (κ2) is 5.03. The summed E-state index contributed by atoms with van der Waals surface area (Å²) in [6.07, 6.45) is -4.52. The number of nitrogens with zero attached hydrogens (tertiary/aromatic N) is 1. The highest BCUT2D eigenvalue weighted by atomic mass is 19.4. The molecule has 0 atom stereocenters. The van der Waals surface area contributed by atoms with Crippen LogP contribution in [0.15, 0.2) is 23.4 Å². The number of rotatable bonds is 3. The smallest absolute Gasteiger partial charge is 0.422 e. The highest BCUT2D eigenvalue weighted by molar-refractivity contribution is 6.00. The zero-order valence-corrected chi connectivity index (χ0v) is 8.75. The van der Waals surface area contributed by atoms with Crippen LogP contribution in [0, 0.1) is 5.82 Å². The van der Waals surface area contributed by atoms with E-state index < -0.39 is 18.6 Å². The molecule has 0 aliphatic rings. The first-order valence-electron chi connectivity index (χ1n) is 4.51. The summed E-state index contributed by atoms with van der Waals surface area (Å²) in [7, 11) is 0. The number of halogens is 4. The van der Waals surface area contributed by atoms with Crippen molar-refractivity contribution in [2.24, 2.45) is 5.16 Å². The predicted molar refractivity (Wildman–Crippen MR) is 51.9 cm³/mol. The molecule has 94 valence electrons. The number of hydrogen-bond acceptors (Lipinski definition) is 3. The summed E-state index contributed by atoms with van der Waals surface area (Å²) >= 11 is 0. The first kappa shape index (κ1) is 13.3. The van der Waals surface area contributed by atoms with Crippen molar-refractivity contribution in [3.8, 4) is 5.75 Å². The first-order chi connectivity index (χ1) is 7.83. The molecule has 1 aromatic rings.